The molecule has 0 spiro atoms. The van der Waals surface area contributed by atoms with E-state index in [9.17, 15) is 9.18 Å². The van der Waals surface area contributed by atoms with Crippen molar-refractivity contribution >= 4 is 5.78 Å². The summed E-state index contributed by atoms with van der Waals surface area (Å²) in [6, 6.07) is 13.7. The maximum Gasteiger partial charge on any atom is 0.196 e. The summed E-state index contributed by atoms with van der Waals surface area (Å²) in [7, 11) is 2.12. The van der Waals surface area contributed by atoms with Crippen LogP contribution in [0.3, 0.4) is 0 Å². The minimum absolute atomic E-state index is 0.137. The van der Waals surface area contributed by atoms with Crippen molar-refractivity contribution < 1.29 is 9.18 Å². The Balaban J connectivity index is 1.83. The van der Waals surface area contributed by atoms with Crippen LogP contribution in [0, 0.1) is 5.82 Å². The molecule has 0 aromatic heterocycles. The van der Waals surface area contributed by atoms with E-state index in [4.69, 9.17) is 0 Å². The maximum atomic E-state index is 13.9. The molecule has 0 N–H and O–H groups in total. The zero-order valence-electron chi connectivity index (χ0n) is 13.3. The Bertz CT molecular complexity index is 693. The molecule has 1 saturated heterocycles. The fourth-order valence-corrected chi connectivity index (χ4v) is 2.92. The molecule has 0 radical (unpaired) electrons. The quantitative estimate of drug-likeness (QED) is 0.811. The van der Waals surface area contributed by atoms with Crippen molar-refractivity contribution in [1.82, 2.24) is 9.80 Å². The van der Waals surface area contributed by atoms with Crippen LogP contribution in [0.25, 0.3) is 0 Å². The largest absolute Gasteiger partial charge is 0.304 e. The molecule has 0 saturated carbocycles. The monoisotopic (exact) mass is 312 g/mol. The average molecular weight is 312 g/mol. The van der Waals surface area contributed by atoms with Gasteiger partial charge in [0.15, 0.2) is 5.78 Å². The molecular weight excluding hydrogens is 291 g/mol. The Hall–Kier alpha value is -2.04. The molecular formula is C19H21FN2O. The van der Waals surface area contributed by atoms with Crippen molar-refractivity contribution in [2.24, 2.45) is 0 Å². The standard InChI is InChI=1S/C19H21FN2O/c1-21-10-12-22(13-11-21)14-15-6-2-3-7-16(15)19(23)17-8-4-5-9-18(17)20/h2-9H,10-14H2,1H3. The van der Waals surface area contributed by atoms with E-state index in [-0.39, 0.29) is 11.3 Å². The van der Waals surface area contributed by atoms with Crippen molar-refractivity contribution in [2.45, 2.75) is 6.54 Å². The third-order valence-corrected chi connectivity index (χ3v) is 4.37. The van der Waals surface area contributed by atoms with Gasteiger partial charge in [-0.05, 0) is 24.7 Å². The summed E-state index contributed by atoms with van der Waals surface area (Å²) in [5.74, 6) is -0.709. The van der Waals surface area contributed by atoms with Crippen LogP contribution in [0.2, 0.25) is 0 Å². The van der Waals surface area contributed by atoms with Gasteiger partial charge in [-0.25, -0.2) is 4.39 Å². The Labute approximate surface area is 136 Å². The average Bonchev–Trinajstić information content (AvgIpc) is 2.57. The minimum atomic E-state index is -0.466. The van der Waals surface area contributed by atoms with Gasteiger partial charge >= 0.3 is 0 Å². The molecule has 0 bridgehead atoms. The van der Waals surface area contributed by atoms with Gasteiger partial charge in [0.05, 0.1) is 5.56 Å². The van der Waals surface area contributed by atoms with Crippen LogP contribution in [0.15, 0.2) is 48.5 Å². The smallest absolute Gasteiger partial charge is 0.196 e. The first-order chi connectivity index (χ1) is 11.1. The van der Waals surface area contributed by atoms with Crippen LogP contribution in [-0.4, -0.2) is 48.8 Å². The fourth-order valence-electron chi connectivity index (χ4n) is 2.92. The van der Waals surface area contributed by atoms with E-state index in [2.05, 4.69) is 16.8 Å². The molecule has 1 fully saturated rings. The second kappa shape index (κ2) is 7.02. The fraction of sp³-hybridized carbons (Fsp3) is 0.316. The SMILES string of the molecule is CN1CCN(Cc2ccccc2C(=O)c2ccccc2F)CC1. The van der Waals surface area contributed by atoms with Gasteiger partial charge in [0.25, 0.3) is 0 Å². The molecule has 0 amide bonds. The molecule has 23 heavy (non-hydrogen) atoms. The molecule has 1 aliphatic rings. The molecule has 2 aromatic rings. The highest BCUT2D eigenvalue weighted by Crippen LogP contribution is 2.19. The van der Waals surface area contributed by atoms with Gasteiger partial charge in [0.2, 0.25) is 0 Å². The Kier molecular flexibility index (Phi) is 4.84. The summed E-state index contributed by atoms with van der Waals surface area (Å²) >= 11 is 0. The molecule has 4 heteroatoms. The number of piperazine rings is 1. The summed E-state index contributed by atoms with van der Waals surface area (Å²) in [5.41, 5.74) is 1.69. The molecule has 3 nitrogen and oxygen atoms in total. The summed E-state index contributed by atoms with van der Waals surface area (Å²) < 4.78 is 13.9. The molecule has 0 aliphatic carbocycles. The van der Waals surface area contributed by atoms with Crippen LogP contribution in [0.5, 0.6) is 0 Å². The Morgan fingerprint density at radius 1 is 0.957 bits per heavy atom. The molecule has 0 unspecified atom stereocenters. The van der Waals surface area contributed by atoms with Gasteiger partial charge in [-0.1, -0.05) is 36.4 Å². The van der Waals surface area contributed by atoms with Gasteiger partial charge in [-0.3, -0.25) is 9.69 Å². The number of halogens is 1. The molecule has 3 rings (SSSR count). The minimum Gasteiger partial charge on any atom is -0.304 e. The lowest BCUT2D eigenvalue weighted by Crippen LogP contribution is -2.44. The highest BCUT2D eigenvalue weighted by Gasteiger charge is 2.19. The predicted molar refractivity (Wildman–Crippen MR) is 89.0 cm³/mol. The maximum absolute atomic E-state index is 13.9. The van der Waals surface area contributed by atoms with Gasteiger partial charge in [-0.2, -0.15) is 0 Å². The number of ketones is 1. The number of rotatable bonds is 4. The molecule has 120 valence electrons. The first kappa shape index (κ1) is 15.8. The predicted octanol–water partition coefficient (Wildman–Crippen LogP) is 2.80. The first-order valence-electron chi connectivity index (χ1n) is 7.93. The summed E-state index contributed by atoms with van der Waals surface area (Å²) in [6.07, 6.45) is 0. The van der Waals surface area contributed by atoms with Crippen molar-refractivity contribution in [3.63, 3.8) is 0 Å². The number of nitrogens with zero attached hydrogens (tertiary/aromatic N) is 2. The highest BCUT2D eigenvalue weighted by molar-refractivity contribution is 6.10. The number of hydrogen-bond acceptors (Lipinski definition) is 3. The zero-order valence-corrected chi connectivity index (χ0v) is 13.3. The Morgan fingerprint density at radius 3 is 2.26 bits per heavy atom. The zero-order chi connectivity index (χ0) is 16.2. The Morgan fingerprint density at radius 2 is 1.57 bits per heavy atom. The number of carbonyl (C=O) groups excluding carboxylic acids is 1. The number of likely N-dealkylation sites (N-methyl/N-ethyl adjacent to an activating group) is 1. The number of benzene rings is 2. The van der Waals surface area contributed by atoms with Crippen molar-refractivity contribution in [1.29, 1.82) is 0 Å². The van der Waals surface area contributed by atoms with E-state index in [0.29, 0.717) is 5.56 Å². The lowest BCUT2D eigenvalue weighted by atomic mass is 9.97. The molecule has 1 aliphatic heterocycles. The van der Waals surface area contributed by atoms with E-state index in [0.717, 1.165) is 38.3 Å². The van der Waals surface area contributed by atoms with Gasteiger partial charge < -0.3 is 4.90 Å². The third kappa shape index (κ3) is 3.66. The van der Waals surface area contributed by atoms with E-state index < -0.39 is 5.82 Å². The lowest BCUT2D eigenvalue weighted by molar-refractivity contribution is 0.103. The third-order valence-electron chi connectivity index (χ3n) is 4.37. The van der Waals surface area contributed by atoms with Crippen LogP contribution in [-0.2, 0) is 6.54 Å². The summed E-state index contributed by atoms with van der Waals surface area (Å²) in [5, 5.41) is 0. The van der Waals surface area contributed by atoms with E-state index in [1.807, 2.05) is 18.2 Å². The van der Waals surface area contributed by atoms with Crippen LogP contribution >= 0.6 is 0 Å². The van der Waals surface area contributed by atoms with E-state index in [1.54, 1.807) is 24.3 Å². The van der Waals surface area contributed by atoms with Gasteiger partial charge in [0, 0.05) is 38.3 Å². The second-order valence-electron chi connectivity index (χ2n) is 6.05. The number of carbonyl (C=O) groups is 1. The first-order valence-corrected chi connectivity index (χ1v) is 7.93. The van der Waals surface area contributed by atoms with Crippen LogP contribution < -0.4 is 0 Å². The molecule has 2 aromatic carbocycles. The summed E-state index contributed by atoms with van der Waals surface area (Å²) in [4.78, 5) is 17.4. The van der Waals surface area contributed by atoms with Gasteiger partial charge in [0.1, 0.15) is 5.82 Å². The molecule has 0 atom stereocenters. The van der Waals surface area contributed by atoms with Crippen molar-refractivity contribution in [3.05, 3.63) is 71.0 Å². The van der Waals surface area contributed by atoms with Crippen molar-refractivity contribution in [2.75, 3.05) is 33.2 Å². The van der Waals surface area contributed by atoms with E-state index >= 15 is 0 Å². The van der Waals surface area contributed by atoms with Crippen molar-refractivity contribution in [3.8, 4) is 0 Å². The lowest BCUT2D eigenvalue weighted by Gasteiger charge is -2.32. The van der Waals surface area contributed by atoms with E-state index in [1.165, 1.54) is 6.07 Å². The van der Waals surface area contributed by atoms with Crippen LogP contribution in [0.1, 0.15) is 21.5 Å². The molecule has 1 heterocycles. The highest BCUT2D eigenvalue weighted by atomic mass is 19.1. The normalized spacial score (nSPS) is 16.4. The topological polar surface area (TPSA) is 23.6 Å². The van der Waals surface area contributed by atoms with Crippen LogP contribution in [0.4, 0.5) is 4.39 Å². The number of hydrogen-bond donors (Lipinski definition) is 0. The van der Waals surface area contributed by atoms with Gasteiger partial charge in [-0.15, -0.1) is 0 Å². The second-order valence-corrected chi connectivity index (χ2v) is 6.05. The summed E-state index contributed by atoms with van der Waals surface area (Å²) in [6.45, 7) is 4.76.